The van der Waals surface area contributed by atoms with Crippen LogP contribution in [0.5, 0.6) is 17.2 Å². The number of carbonyl (C=O) groups is 3. The molecular weight excluding hydrogens is 649 g/mol. The SMILES string of the molecule is CCC(Sc1cccc(NC(=O)/C(=C\c2ccc(OC)c(OC)c2)NC(=O)c2ccccc2)c1)C(=O)Nc1nc2ccc(OC)cc2s1. The zero-order valence-electron chi connectivity index (χ0n) is 26.7. The first-order chi connectivity index (χ1) is 23.3. The Labute approximate surface area is 286 Å². The molecule has 48 heavy (non-hydrogen) atoms. The molecule has 1 aromatic heterocycles. The third-order valence-corrected chi connectivity index (χ3v) is 9.40. The van der Waals surface area contributed by atoms with E-state index in [1.807, 2.05) is 31.2 Å². The van der Waals surface area contributed by atoms with Gasteiger partial charge in [0.15, 0.2) is 16.6 Å². The first-order valence-corrected chi connectivity index (χ1v) is 16.6. The van der Waals surface area contributed by atoms with Gasteiger partial charge in [-0.3, -0.25) is 14.4 Å². The average Bonchev–Trinajstić information content (AvgIpc) is 3.51. The van der Waals surface area contributed by atoms with E-state index >= 15 is 0 Å². The van der Waals surface area contributed by atoms with Gasteiger partial charge in [-0.15, -0.1) is 11.8 Å². The van der Waals surface area contributed by atoms with Crippen LogP contribution in [0.2, 0.25) is 0 Å². The molecule has 246 valence electrons. The predicted molar refractivity (Wildman–Crippen MR) is 191 cm³/mol. The summed E-state index contributed by atoms with van der Waals surface area (Å²) in [6, 6.07) is 26.6. The normalized spacial score (nSPS) is 11.8. The molecule has 4 aromatic carbocycles. The Morgan fingerprint density at radius 1 is 0.854 bits per heavy atom. The van der Waals surface area contributed by atoms with Gasteiger partial charge in [0.25, 0.3) is 11.8 Å². The lowest BCUT2D eigenvalue weighted by Gasteiger charge is -2.15. The number of thioether (sulfide) groups is 1. The molecule has 0 bridgehead atoms. The second-order valence-electron chi connectivity index (χ2n) is 10.3. The van der Waals surface area contributed by atoms with Gasteiger partial charge in [0.2, 0.25) is 5.91 Å². The van der Waals surface area contributed by atoms with E-state index in [4.69, 9.17) is 14.2 Å². The topological polar surface area (TPSA) is 128 Å². The number of hydrogen-bond acceptors (Lipinski definition) is 9. The molecule has 0 radical (unpaired) electrons. The van der Waals surface area contributed by atoms with Gasteiger partial charge in [-0.2, -0.15) is 0 Å². The lowest BCUT2D eigenvalue weighted by molar-refractivity contribution is -0.116. The number of fused-ring (bicyclic) bond motifs is 1. The van der Waals surface area contributed by atoms with Gasteiger partial charge in [0.05, 0.1) is 36.8 Å². The van der Waals surface area contributed by atoms with Gasteiger partial charge in [-0.25, -0.2) is 4.98 Å². The van der Waals surface area contributed by atoms with E-state index in [9.17, 15) is 14.4 Å². The largest absolute Gasteiger partial charge is 0.497 e. The summed E-state index contributed by atoms with van der Waals surface area (Å²) < 4.78 is 16.9. The molecule has 5 rings (SSSR count). The van der Waals surface area contributed by atoms with E-state index in [2.05, 4.69) is 20.9 Å². The minimum absolute atomic E-state index is 0.0217. The van der Waals surface area contributed by atoms with E-state index in [-0.39, 0.29) is 11.6 Å². The van der Waals surface area contributed by atoms with E-state index in [1.54, 1.807) is 79.9 Å². The molecule has 1 atom stereocenters. The predicted octanol–water partition coefficient (Wildman–Crippen LogP) is 7.24. The second-order valence-corrected chi connectivity index (χ2v) is 12.6. The molecule has 0 fully saturated rings. The maximum atomic E-state index is 13.6. The molecule has 0 spiro atoms. The first-order valence-electron chi connectivity index (χ1n) is 14.9. The van der Waals surface area contributed by atoms with Crippen LogP contribution >= 0.6 is 23.1 Å². The fourth-order valence-corrected chi connectivity index (χ4v) is 6.57. The van der Waals surface area contributed by atoms with Crippen LogP contribution in [0.3, 0.4) is 0 Å². The van der Waals surface area contributed by atoms with Gasteiger partial charge in [-0.1, -0.05) is 48.6 Å². The van der Waals surface area contributed by atoms with Crippen molar-refractivity contribution in [1.29, 1.82) is 0 Å². The van der Waals surface area contributed by atoms with E-state index in [0.29, 0.717) is 39.9 Å². The van der Waals surface area contributed by atoms with Crippen molar-refractivity contribution in [2.24, 2.45) is 0 Å². The van der Waals surface area contributed by atoms with Crippen molar-refractivity contribution in [3.8, 4) is 17.2 Å². The summed E-state index contributed by atoms with van der Waals surface area (Å²) >= 11 is 2.76. The average molecular weight is 683 g/mol. The summed E-state index contributed by atoms with van der Waals surface area (Å²) in [5.74, 6) is 0.581. The summed E-state index contributed by atoms with van der Waals surface area (Å²) in [6.45, 7) is 1.94. The maximum Gasteiger partial charge on any atom is 0.272 e. The Hall–Kier alpha value is -5.33. The van der Waals surface area contributed by atoms with Crippen molar-refractivity contribution < 1.29 is 28.6 Å². The monoisotopic (exact) mass is 682 g/mol. The van der Waals surface area contributed by atoms with E-state index in [1.165, 1.54) is 37.3 Å². The van der Waals surface area contributed by atoms with Gasteiger partial charge in [0, 0.05) is 16.1 Å². The van der Waals surface area contributed by atoms with Crippen molar-refractivity contribution in [2.45, 2.75) is 23.5 Å². The van der Waals surface area contributed by atoms with Crippen LogP contribution in [0.1, 0.15) is 29.3 Å². The minimum atomic E-state index is -0.534. The third kappa shape index (κ3) is 8.52. The molecule has 10 nitrogen and oxygen atoms in total. The Kier molecular flexibility index (Phi) is 11.3. The van der Waals surface area contributed by atoms with Crippen LogP contribution in [0.25, 0.3) is 16.3 Å². The van der Waals surface area contributed by atoms with Crippen LogP contribution in [0.15, 0.2) is 102 Å². The molecule has 3 N–H and O–H groups in total. The Morgan fingerprint density at radius 2 is 1.65 bits per heavy atom. The number of anilines is 2. The number of amides is 3. The van der Waals surface area contributed by atoms with Crippen molar-refractivity contribution in [1.82, 2.24) is 10.3 Å². The lowest BCUT2D eigenvalue weighted by atomic mass is 10.1. The number of carbonyl (C=O) groups excluding carboxylic acids is 3. The molecule has 0 aliphatic carbocycles. The summed E-state index contributed by atoms with van der Waals surface area (Å²) in [5, 5.41) is 8.67. The second kappa shape index (κ2) is 16.0. The highest BCUT2D eigenvalue weighted by Gasteiger charge is 2.21. The number of methoxy groups -OCH3 is 3. The number of nitrogens with one attached hydrogen (secondary N) is 3. The lowest BCUT2D eigenvalue weighted by Crippen LogP contribution is -2.30. The molecule has 0 saturated heterocycles. The Bertz CT molecular complexity index is 1960. The number of hydrogen-bond donors (Lipinski definition) is 3. The summed E-state index contributed by atoms with van der Waals surface area (Å²) in [7, 11) is 4.66. The number of nitrogens with zero attached hydrogens (tertiary/aromatic N) is 1. The van der Waals surface area contributed by atoms with Gasteiger partial charge >= 0.3 is 0 Å². The number of rotatable bonds is 13. The van der Waals surface area contributed by atoms with Crippen molar-refractivity contribution in [3.05, 3.63) is 108 Å². The molecule has 12 heteroatoms. The van der Waals surface area contributed by atoms with Gasteiger partial charge in [0.1, 0.15) is 11.4 Å². The van der Waals surface area contributed by atoms with Crippen molar-refractivity contribution in [2.75, 3.05) is 32.0 Å². The van der Waals surface area contributed by atoms with E-state index < -0.39 is 17.1 Å². The van der Waals surface area contributed by atoms with Crippen LogP contribution in [0.4, 0.5) is 10.8 Å². The minimum Gasteiger partial charge on any atom is -0.497 e. The van der Waals surface area contributed by atoms with Crippen LogP contribution in [-0.4, -0.2) is 49.3 Å². The Morgan fingerprint density at radius 3 is 2.38 bits per heavy atom. The molecule has 5 aromatic rings. The molecule has 1 heterocycles. The quantitative estimate of drug-likeness (QED) is 0.0876. The highest BCUT2D eigenvalue weighted by atomic mass is 32.2. The summed E-state index contributed by atoms with van der Waals surface area (Å²) in [4.78, 5) is 45.3. The molecule has 0 aliphatic rings. The molecule has 0 aliphatic heterocycles. The zero-order chi connectivity index (χ0) is 34.0. The highest BCUT2D eigenvalue weighted by molar-refractivity contribution is 8.00. The van der Waals surface area contributed by atoms with Crippen LogP contribution in [-0.2, 0) is 9.59 Å². The molecular formula is C36H34N4O6S2. The zero-order valence-corrected chi connectivity index (χ0v) is 28.4. The first kappa shape index (κ1) is 34.0. The van der Waals surface area contributed by atoms with Crippen molar-refractivity contribution in [3.63, 3.8) is 0 Å². The number of aromatic nitrogens is 1. The fraction of sp³-hybridized carbons (Fsp3) is 0.167. The maximum absolute atomic E-state index is 13.6. The Balaban J connectivity index is 1.32. The molecule has 0 saturated carbocycles. The fourth-order valence-electron chi connectivity index (χ4n) is 4.66. The molecule has 3 amide bonds. The van der Waals surface area contributed by atoms with Gasteiger partial charge < -0.3 is 30.2 Å². The molecule has 1 unspecified atom stereocenters. The van der Waals surface area contributed by atoms with Gasteiger partial charge in [-0.05, 0) is 78.7 Å². The van der Waals surface area contributed by atoms with Crippen LogP contribution < -0.4 is 30.2 Å². The number of benzene rings is 4. The van der Waals surface area contributed by atoms with Crippen LogP contribution in [0, 0.1) is 0 Å². The van der Waals surface area contributed by atoms with E-state index in [0.717, 1.165) is 20.9 Å². The smallest absolute Gasteiger partial charge is 0.272 e. The van der Waals surface area contributed by atoms with Crippen molar-refractivity contribution >= 4 is 67.9 Å². The number of thiazole rings is 1. The highest BCUT2D eigenvalue weighted by Crippen LogP contribution is 2.32. The summed E-state index contributed by atoms with van der Waals surface area (Å²) in [5.41, 5.74) is 2.30. The third-order valence-electron chi connectivity index (χ3n) is 7.11. The summed E-state index contributed by atoms with van der Waals surface area (Å²) in [6.07, 6.45) is 2.13. The number of ether oxygens (including phenoxy) is 3. The standard InChI is InChI=1S/C36H34N4O6S2/c1-5-31(35(43)40-36-39-27-16-15-25(44-2)21-32(27)48-36)47-26-13-9-12-24(20-26)37-34(42)28(38-33(41)23-10-7-6-8-11-23)18-22-14-17-29(45-3)30(19-22)46-4/h6-21,31H,5H2,1-4H3,(H,37,42)(H,38,41)(H,39,40,43)/b28-18+.